The molecule has 0 unspecified atom stereocenters. The molecule has 2 atom stereocenters. The van der Waals surface area contributed by atoms with Crippen molar-refractivity contribution in [1.82, 2.24) is 10.2 Å². The van der Waals surface area contributed by atoms with Gasteiger partial charge in [-0.25, -0.2) is 0 Å². The zero-order chi connectivity index (χ0) is 17.5. The topological polar surface area (TPSA) is 80.3 Å². The summed E-state index contributed by atoms with van der Waals surface area (Å²) in [5.74, 6) is 1.34. The molecule has 2 N–H and O–H groups in total. The van der Waals surface area contributed by atoms with E-state index < -0.39 is 0 Å². The van der Waals surface area contributed by atoms with Crippen LogP contribution in [0.2, 0.25) is 0 Å². The van der Waals surface area contributed by atoms with Gasteiger partial charge in [0.2, 0.25) is 5.91 Å². The van der Waals surface area contributed by atoms with Crippen molar-refractivity contribution in [2.45, 2.75) is 12.6 Å². The van der Waals surface area contributed by atoms with Gasteiger partial charge in [0.15, 0.2) is 0 Å². The van der Waals surface area contributed by atoms with Gasteiger partial charge in [0.25, 0.3) is 0 Å². The van der Waals surface area contributed by atoms with Gasteiger partial charge < -0.3 is 24.6 Å². The van der Waals surface area contributed by atoms with Gasteiger partial charge >= 0.3 is 0 Å². The molecule has 0 bridgehead atoms. The Morgan fingerprint density at radius 2 is 1.88 bits per heavy atom. The lowest BCUT2D eigenvalue weighted by molar-refractivity contribution is -0.125. The van der Waals surface area contributed by atoms with Crippen LogP contribution >= 0.6 is 0 Å². The molecule has 7 heteroatoms. The van der Waals surface area contributed by atoms with E-state index in [1.165, 1.54) is 7.11 Å². The Morgan fingerprint density at radius 3 is 2.42 bits per heavy atom. The average molecular weight is 338 g/mol. The lowest BCUT2D eigenvalue weighted by atomic mass is 10.1. The standard InChI is InChI=1S/C17H26N2O5/c1-22-11-17(21)18-16-9-19(8-13(16)10-20)7-12-4-14(23-2)6-15(5-12)24-3/h4-6,13,16,20H,7-11H2,1-3H3,(H,18,21)/t13-,16+/m0/s1. The van der Waals surface area contributed by atoms with Crippen LogP contribution in [-0.4, -0.2) is 69.6 Å². The van der Waals surface area contributed by atoms with Gasteiger partial charge in [-0.05, 0) is 17.7 Å². The molecule has 24 heavy (non-hydrogen) atoms. The highest BCUT2D eigenvalue weighted by Crippen LogP contribution is 2.25. The maximum Gasteiger partial charge on any atom is 0.246 e. The number of nitrogens with zero attached hydrogens (tertiary/aromatic N) is 1. The smallest absolute Gasteiger partial charge is 0.246 e. The molecule has 0 radical (unpaired) electrons. The molecular weight excluding hydrogens is 312 g/mol. The van der Waals surface area contributed by atoms with E-state index in [1.807, 2.05) is 18.2 Å². The van der Waals surface area contributed by atoms with Crippen LogP contribution in [0.15, 0.2) is 18.2 Å². The zero-order valence-electron chi connectivity index (χ0n) is 14.4. The molecule has 1 aromatic carbocycles. The van der Waals surface area contributed by atoms with E-state index >= 15 is 0 Å². The van der Waals surface area contributed by atoms with Crippen LogP contribution in [-0.2, 0) is 16.1 Å². The van der Waals surface area contributed by atoms with Gasteiger partial charge in [0.1, 0.15) is 18.1 Å². The number of likely N-dealkylation sites (tertiary alicyclic amines) is 1. The molecule has 0 saturated carbocycles. The van der Waals surface area contributed by atoms with Crippen molar-refractivity contribution in [3.8, 4) is 11.5 Å². The number of rotatable bonds is 8. The van der Waals surface area contributed by atoms with E-state index in [-0.39, 0.29) is 31.1 Å². The van der Waals surface area contributed by atoms with E-state index in [9.17, 15) is 9.90 Å². The number of carbonyl (C=O) groups excluding carboxylic acids is 1. The molecule has 1 fully saturated rings. The Bertz CT molecular complexity index is 530. The Labute approximate surface area is 142 Å². The third-order valence-electron chi connectivity index (χ3n) is 4.19. The van der Waals surface area contributed by atoms with Crippen LogP contribution in [0.1, 0.15) is 5.56 Å². The average Bonchev–Trinajstić information content (AvgIpc) is 2.95. The monoisotopic (exact) mass is 338 g/mol. The summed E-state index contributed by atoms with van der Waals surface area (Å²) < 4.78 is 15.4. The number of nitrogens with one attached hydrogen (secondary N) is 1. The number of benzene rings is 1. The molecule has 0 aliphatic carbocycles. The molecular formula is C17H26N2O5. The van der Waals surface area contributed by atoms with Gasteiger partial charge in [-0.15, -0.1) is 0 Å². The number of aliphatic hydroxyl groups is 1. The SMILES string of the molecule is COCC(=O)N[C@@H]1CN(Cc2cc(OC)cc(OC)c2)C[C@H]1CO. The third kappa shape index (κ3) is 4.83. The summed E-state index contributed by atoms with van der Waals surface area (Å²) in [6.45, 7) is 2.16. The van der Waals surface area contributed by atoms with Crippen LogP contribution in [0, 0.1) is 5.92 Å². The number of amides is 1. The second-order valence-corrected chi connectivity index (χ2v) is 5.96. The Morgan fingerprint density at radius 1 is 1.21 bits per heavy atom. The molecule has 1 amide bonds. The Kier molecular flexibility index (Phi) is 6.84. The van der Waals surface area contributed by atoms with Crippen molar-refractivity contribution in [3.05, 3.63) is 23.8 Å². The molecule has 1 heterocycles. The van der Waals surface area contributed by atoms with Crippen molar-refractivity contribution in [2.24, 2.45) is 5.92 Å². The number of hydrogen-bond acceptors (Lipinski definition) is 6. The summed E-state index contributed by atoms with van der Waals surface area (Å²) in [5.41, 5.74) is 1.06. The first-order valence-corrected chi connectivity index (χ1v) is 7.93. The number of hydrogen-bond donors (Lipinski definition) is 2. The maximum absolute atomic E-state index is 11.7. The van der Waals surface area contributed by atoms with Gasteiger partial charge in [-0.3, -0.25) is 9.69 Å². The second-order valence-electron chi connectivity index (χ2n) is 5.96. The summed E-state index contributed by atoms with van der Waals surface area (Å²) >= 11 is 0. The lowest BCUT2D eigenvalue weighted by Crippen LogP contribution is -2.43. The van der Waals surface area contributed by atoms with Crippen molar-refractivity contribution < 1.29 is 24.1 Å². The Hall–Kier alpha value is -1.83. The second kappa shape index (κ2) is 8.86. The van der Waals surface area contributed by atoms with Crippen LogP contribution in [0.5, 0.6) is 11.5 Å². The predicted octanol–water partition coefficient (Wildman–Crippen LogP) is 0.259. The molecule has 1 aliphatic heterocycles. The van der Waals surface area contributed by atoms with E-state index in [0.29, 0.717) is 19.6 Å². The minimum Gasteiger partial charge on any atom is -0.497 e. The van der Waals surface area contributed by atoms with Crippen molar-refractivity contribution in [2.75, 3.05) is 47.6 Å². The van der Waals surface area contributed by atoms with Crippen LogP contribution in [0.4, 0.5) is 0 Å². The van der Waals surface area contributed by atoms with Gasteiger partial charge in [-0.1, -0.05) is 0 Å². The minimum atomic E-state index is -0.161. The quantitative estimate of drug-likeness (QED) is 0.708. The lowest BCUT2D eigenvalue weighted by Gasteiger charge is -2.18. The highest BCUT2D eigenvalue weighted by Gasteiger charge is 2.33. The molecule has 134 valence electrons. The summed E-state index contributed by atoms with van der Waals surface area (Å²) in [4.78, 5) is 13.9. The van der Waals surface area contributed by atoms with Gasteiger partial charge in [0, 0.05) is 51.4 Å². The molecule has 7 nitrogen and oxygen atoms in total. The summed E-state index contributed by atoms with van der Waals surface area (Å²) in [6.07, 6.45) is 0. The highest BCUT2D eigenvalue weighted by molar-refractivity contribution is 5.77. The molecule has 0 aromatic heterocycles. The number of methoxy groups -OCH3 is 3. The summed E-state index contributed by atoms with van der Waals surface area (Å²) in [5, 5.41) is 12.5. The van der Waals surface area contributed by atoms with E-state index in [4.69, 9.17) is 14.2 Å². The number of aliphatic hydroxyl groups excluding tert-OH is 1. The molecule has 1 aromatic rings. The maximum atomic E-state index is 11.7. The van der Waals surface area contributed by atoms with E-state index in [1.54, 1.807) is 14.2 Å². The van der Waals surface area contributed by atoms with Gasteiger partial charge in [0.05, 0.1) is 14.2 Å². The summed E-state index contributed by atoms with van der Waals surface area (Å²) in [6, 6.07) is 5.68. The van der Waals surface area contributed by atoms with Crippen molar-refractivity contribution in [3.63, 3.8) is 0 Å². The molecule has 1 aliphatic rings. The number of ether oxygens (including phenoxy) is 3. The fourth-order valence-electron chi connectivity index (χ4n) is 3.03. The first kappa shape index (κ1) is 18.5. The van der Waals surface area contributed by atoms with E-state index in [2.05, 4.69) is 10.2 Å². The molecule has 0 spiro atoms. The van der Waals surface area contributed by atoms with E-state index in [0.717, 1.165) is 17.1 Å². The Balaban J connectivity index is 2.02. The molecule has 2 rings (SSSR count). The summed E-state index contributed by atoms with van der Waals surface area (Å²) in [7, 11) is 4.73. The fraction of sp³-hybridized carbons (Fsp3) is 0.588. The van der Waals surface area contributed by atoms with Crippen LogP contribution < -0.4 is 14.8 Å². The molecule has 1 saturated heterocycles. The normalized spacial score (nSPS) is 20.8. The first-order chi connectivity index (χ1) is 11.6. The number of carbonyl (C=O) groups is 1. The zero-order valence-corrected chi connectivity index (χ0v) is 14.4. The first-order valence-electron chi connectivity index (χ1n) is 7.93. The third-order valence-corrected chi connectivity index (χ3v) is 4.19. The van der Waals surface area contributed by atoms with Crippen LogP contribution in [0.25, 0.3) is 0 Å². The van der Waals surface area contributed by atoms with Crippen molar-refractivity contribution in [1.29, 1.82) is 0 Å². The van der Waals surface area contributed by atoms with Crippen molar-refractivity contribution >= 4 is 5.91 Å². The minimum absolute atomic E-state index is 0.0123. The van der Waals surface area contributed by atoms with Crippen LogP contribution in [0.3, 0.4) is 0 Å². The highest BCUT2D eigenvalue weighted by atomic mass is 16.5. The van der Waals surface area contributed by atoms with Gasteiger partial charge in [-0.2, -0.15) is 0 Å². The largest absolute Gasteiger partial charge is 0.497 e. The predicted molar refractivity (Wildman–Crippen MR) is 89.2 cm³/mol. The fourth-order valence-corrected chi connectivity index (χ4v) is 3.03.